The van der Waals surface area contributed by atoms with Gasteiger partial charge in [0.15, 0.2) is 0 Å². The number of rotatable bonds is 2. The summed E-state index contributed by atoms with van der Waals surface area (Å²) >= 11 is 1.75. The second kappa shape index (κ2) is 6.21. The van der Waals surface area contributed by atoms with E-state index in [1.165, 1.54) is 22.6 Å². The van der Waals surface area contributed by atoms with E-state index in [0.29, 0.717) is 12.1 Å². The van der Waals surface area contributed by atoms with Crippen LogP contribution in [0, 0.1) is 5.82 Å². The fourth-order valence-corrected chi connectivity index (χ4v) is 4.19. The molecule has 2 heterocycles. The Balaban J connectivity index is 1.76. The van der Waals surface area contributed by atoms with Crippen LogP contribution in [0.3, 0.4) is 0 Å². The molecule has 1 aliphatic rings. The minimum atomic E-state index is -0.329. The van der Waals surface area contributed by atoms with Gasteiger partial charge < -0.3 is 4.90 Å². The molecular formula is C20H16FNOS. The second-order valence-corrected chi connectivity index (χ2v) is 6.87. The van der Waals surface area contributed by atoms with Gasteiger partial charge in [-0.2, -0.15) is 0 Å². The van der Waals surface area contributed by atoms with Gasteiger partial charge in [-0.25, -0.2) is 4.39 Å². The van der Waals surface area contributed by atoms with Gasteiger partial charge in [-0.05, 0) is 53.3 Å². The van der Waals surface area contributed by atoms with E-state index in [-0.39, 0.29) is 17.8 Å². The van der Waals surface area contributed by atoms with Crippen LogP contribution in [0.2, 0.25) is 0 Å². The number of hydrogen-bond donors (Lipinski definition) is 0. The number of hydrogen-bond acceptors (Lipinski definition) is 2. The lowest BCUT2D eigenvalue weighted by Gasteiger charge is -2.36. The molecule has 0 unspecified atom stereocenters. The Hall–Kier alpha value is -2.46. The summed E-state index contributed by atoms with van der Waals surface area (Å²) in [6.07, 6.45) is 0.864. The Labute approximate surface area is 144 Å². The molecule has 1 amide bonds. The first-order chi connectivity index (χ1) is 11.7. The predicted molar refractivity (Wildman–Crippen MR) is 93.7 cm³/mol. The standard InChI is InChI=1S/C20H16FNOS/c21-16-8-6-15(7-9-16)20(23)22-12-10-18-17(11-13-24-18)19(22)14-4-2-1-3-5-14/h1-9,11,13,19H,10,12H2/t19-/m0/s1. The molecule has 1 atom stereocenters. The highest BCUT2D eigenvalue weighted by molar-refractivity contribution is 7.10. The van der Waals surface area contributed by atoms with Crippen molar-refractivity contribution >= 4 is 17.2 Å². The highest BCUT2D eigenvalue weighted by Crippen LogP contribution is 2.38. The normalized spacial score (nSPS) is 16.7. The fourth-order valence-electron chi connectivity index (χ4n) is 3.29. The molecule has 0 saturated heterocycles. The minimum Gasteiger partial charge on any atom is -0.327 e. The van der Waals surface area contributed by atoms with Crippen molar-refractivity contribution in [2.45, 2.75) is 12.5 Å². The lowest BCUT2D eigenvalue weighted by Crippen LogP contribution is -2.40. The van der Waals surface area contributed by atoms with Gasteiger partial charge in [0.2, 0.25) is 0 Å². The number of carbonyl (C=O) groups is 1. The van der Waals surface area contributed by atoms with Gasteiger partial charge in [-0.3, -0.25) is 4.79 Å². The van der Waals surface area contributed by atoms with Crippen molar-refractivity contribution in [3.8, 4) is 0 Å². The monoisotopic (exact) mass is 337 g/mol. The van der Waals surface area contributed by atoms with Crippen LogP contribution < -0.4 is 0 Å². The molecule has 24 heavy (non-hydrogen) atoms. The molecule has 2 aromatic carbocycles. The van der Waals surface area contributed by atoms with Crippen LogP contribution in [0.15, 0.2) is 66.0 Å². The van der Waals surface area contributed by atoms with Crippen molar-refractivity contribution in [2.24, 2.45) is 0 Å². The average Bonchev–Trinajstić information content (AvgIpc) is 3.10. The lowest BCUT2D eigenvalue weighted by atomic mass is 9.92. The Kier molecular flexibility index (Phi) is 3.90. The van der Waals surface area contributed by atoms with Crippen molar-refractivity contribution in [3.05, 3.63) is 93.4 Å². The summed E-state index contributed by atoms with van der Waals surface area (Å²) in [6.45, 7) is 0.670. The summed E-state index contributed by atoms with van der Waals surface area (Å²) in [7, 11) is 0. The summed E-state index contributed by atoms with van der Waals surface area (Å²) in [6, 6.07) is 17.9. The highest BCUT2D eigenvalue weighted by atomic mass is 32.1. The summed E-state index contributed by atoms with van der Waals surface area (Å²) in [5.41, 5.74) is 2.83. The number of carbonyl (C=O) groups excluding carboxylic acids is 1. The van der Waals surface area contributed by atoms with Gasteiger partial charge in [0.1, 0.15) is 5.82 Å². The molecule has 2 nitrogen and oxygen atoms in total. The van der Waals surface area contributed by atoms with Crippen LogP contribution in [-0.4, -0.2) is 17.4 Å². The zero-order valence-electron chi connectivity index (χ0n) is 13.0. The third-order valence-electron chi connectivity index (χ3n) is 4.43. The van der Waals surface area contributed by atoms with Crippen molar-refractivity contribution in [1.82, 2.24) is 4.90 Å². The van der Waals surface area contributed by atoms with E-state index in [1.54, 1.807) is 23.5 Å². The molecule has 0 N–H and O–H groups in total. The zero-order chi connectivity index (χ0) is 16.5. The molecule has 1 aromatic heterocycles. The van der Waals surface area contributed by atoms with Crippen LogP contribution >= 0.6 is 11.3 Å². The van der Waals surface area contributed by atoms with Gasteiger partial charge in [-0.15, -0.1) is 11.3 Å². The Morgan fingerprint density at radius 3 is 2.54 bits per heavy atom. The summed E-state index contributed by atoms with van der Waals surface area (Å²) in [5, 5.41) is 2.09. The first-order valence-corrected chi connectivity index (χ1v) is 8.80. The number of nitrogens with zero attached hydrogens (tertiary/aromatic N) is 1. The van der Waals surface area contributed by atoms with Crippen LogP contribution in [-0.2, 0) is 6.42 Å². The number of fused-ring (bicyclic) bond motifs is 1. The van der Waals surface area contributed by atoms with Crippen LogP contribution in [0.1, 0.15) is 32.4 Å². The Bertz CT molecular complexity index is 857. The van der Waals surface area contributed by atoms with Gasteiger partial charge in [0.25, 0.3) is 5.91 Å². The van der Waals surface area contributed by atoms with E-state index in [9.17, 15) is 9.18 Å². The Morgan fingerprint density at radius 2 is 1.79 bits per heavy atom. The highest BCUT2D eigenvalue weighted by Gasteiger charge is 2.33. The van der Waals surface area contributed by atoms with E-state index < -0.39 is 0 Å². The topological polar surface area (TPSA) is 20.3 Å². The molecule has 0 radical (unpaired) electrons. The molecule has 0 aliphatic carbocycles. The van der Waals surface area contributed by atoms with Crippen molar-refractivity contribution in [3.63, 3.8) is 0 Å². The number of benzene rings is 2. The maximum absolute atomic E-state index is 13.2. The maximum Gasteiger partial charge on any atom is 0.254 e. The summed E-state index contributed by atoms with van der Waals surface area (Å²) < 4.78 is 13.2. The first kappa shape index (κ1) is 15.1. The summed E-state index contributed by atoms with van der Waals surface area (Å²) in [5.74, 6) is -0.384. The van der Waals surface area contributed by atoms with E-state index in [2.05, 4.69) is 23.6 Å². The van der Waals surface area contributed by atoms with Gasteiger partial charge >= 0.3 is 0 Å². The number of halogens is 1. The SMILES string of the molecule is O=C(c1ccc(F)cc1)N1CCc2sccc2[C@@H]1c1ccccc1. The molecule has 4 rings (SSSR count). The zero-order valence-corrected chi connectivity index (χ0v) is 13.8. The van der Waals surface area contributed by atoms with E-state index in [4.69, 9.17) is 0 Å². The van der Waals surface area contributed by atoms with E-state index in [1.807, 2.05) is 23.1 Å². The number of amides is 1. The van der Waals surface area contributed by atoms with Crippen LogP contribution in [0.4, 0.5) is 4.39 Å². The lowest BCUT2D eigenvalue weighted by molar-refractivity contribution is 0.0696. The van der Waals surface area contributed by atoms with Crippen molar-refractivity contribution in [2.75, 3.05) is 6.54 Å². The third-order valence-corrected chi connectivity index (χ3v) is 5.43. The van der Waals surface area contributed by atoms with E-state index >= 15 is 0 Å². The van der Waals surface area contributed by atoms with Crippen molar-refractivity contribution in [1.29, 1.82) is 0 Å². The van der Waals surface area contributed by atoms with Gasteiger partial charge in [0, 0.05) is 17.0 Å². The molecule has 120 valence electrons. The van der Waals surface area contributed by atoms with Crippen LogP contribution in [0.25, 0.3) is 0 Å². The quantitative estimate of drug-likeness (QED) is 0.665. The van der Waals surface area contributed by atoms with Crippen molar-refractivity contribution < 1.29 is 9.18 Å². The molecule has 0 bridgehead atoms. The van der Waals surface area contributed by atoms with Gasteiger partial charge in [-0.1, -0.05) is 30.3 Å². The third kappa shape index (κ3) is 2.63. The molecular weight excluding hydrogens is 321 g/mol. The fraction of sp³-hybridized carbons (Fsp3) is 0.150. The second-order valence-electron chi connectivity index (χ2n) is 5.87. The summed E-state index contributed by atoms with van der Waals surface area (Å²) in [4.78, 5) is 16.3. The predicted octanol–water partition coefficient (Wildman–Crippen LogP) is 4.68. The molecule has 0 saturated carbocycles. The first-order valence-electron chi connectivity index (χ1n) is 7.92. The van der Waals surface area contributed by atoms with Crippen LogP contribution in [0.5, 0.6) is 0 Å². The molecule has 1 aliphatic heterocycles. The molecule has 3 aromatic rings. The molecule has 0 fully saturated rings. The average molecular weight is 337 g/mol. The molecule has 4 heteroatoms. The van der Waals surface area contributed by atoms with E-state index in [0.717, 1.165) is 12.0 Å². The minimum absolute atomic E-state index is 0.0549. The largest absolute Gasteiger partial charge is 0.327 e. The Morgan fingerprint density at radius 1 is 1.04 bits per heavy atom. The number of thiophene rings is 1. The smallest absolute Gasteiger partial charge is 0.254 e. The maximum atomic E-state index is 13.2. The van der Waals surface area contributed by atoms with Gasteiger partial charge in [0.05, 0.1) is 6.04 Å². The molecule has 0 spiro atoms.